The second kappa shape index (κ2) is 4.34. The molecule has 0 radical (unpaired) electrons. The molecule has 0 heterocycles. The van der Waals surface area contributed by atoms with Crippen molar-refractivity contribution in [2.75, 3.05) is 0 Å². The molecule has 0 heteroatoms. The van der Waals surface area contributed by atoms with Crippen LogP contribution >= 0.6 is 0 Å². The lowest BCUT2D eigenvalue weighted by atomic mass is 9.92. The van der Waals surface area contributed by atoms with Crippen LogP contribution in [-0.2, 0) is 0 Å². The largest absolute Gasteiger partial charge is 0.0745 e. The number of allylic oxidation sites excluding steroid dienone is 4. The van der Waals surface area contributed by atoms with Crippen molar-refractivity contribution in [3.8, 4) is 0 Å². The lowest BCUT2D eigenvalue weighted by Gasteiger charge is -2.12. The lowest BCUT2D eigenvalue weighted by Crippen LogP contribution is -2.00. The molecular weight excluding hydrogens is 240 g/mol. The Morgan fingerprint density at radius 2 is 0.900 bits per heavy atom. The van der Waals surface area contributed by atoms with Gasteiger partial charge in [-0.2, -0.15) is 0 Å². The fourth-order valence-electron chi connectivity index (χ4n) is 2.65. The highest BCUT2D eigenvalue weighted by Gasteiger charge is 2.18. The maximum Gasteiger partial charge on any atom is 0.00111 e. The smallest absolute Gasteiger partial charge is 0.00111 e. The summed E-state index contributed by atoms with van der Waals surface area (Å²) in [7, 11) is 0. The summed E-state index contributed by atoms with van der Waals surface area (Å²) >= 11 is 0. The van der Waals surface area contributed by atoms with Crippen LogP contribution in [0.5, 0.6) is 0 Å². The lowest BCUT2D eigenvalue weighted by molar-refractivity contribution is 0.633. The molecule has 0 fully saturated rings. The van der Waals surface area contributed by atoms with Gasteiger partial charge in [-0.3, -0.25) is 0 Å². The highest BCUT2D eigenvalue weighted by Crippen LogP contribution is 2.35. The molecule has 0 saturated heterocycles. The molecule has 0 saturated carbocycles. The highest BCUT2D eigenvalue weighted by molar-refractivity contribution is 5.82. The zero-order chi connectivity index (χ0) is 14.4. The van der Waals surface area contributed by atoms with Crippen LogP contribution in [-0.4, -0.2) is 0 Å². The van der Waals surface area contributed by atoms with Crippen LogP contribution in [0.2, 0.25) is 0 Å². The molecule has 0 unspecified atom stereocenters. The minimum atomic E-state index is 0.120. The Labute approximate surface area is 122 Å². The summed E-state index contributed by atoms with van der Waals surface area (Å²) in [4.78, 5) is 0. The monoisotopic (exact) mass is 262 g/mol. The van der Waals surface area contributed by atoms with Crippen LogP contribution < -0.4 is 0 Å². The number of hydrogen-bond acceptors (Lipinski definition) is 0. The van der Waals surface area contributed by atoms with Crippen molar-refractivity contribution in [2.45, 2.75) is 27.7 Å². The van der Waals surface area contributed by atoms with E-state index in [2.05, 4.69) is 88.4 Å². The molecule has 0 amide bonds. The van der Waals surface area contributed by atoms with Crippen molar-refractivity contribution in [2.24, 2.45) is 10.8 Å². The predicted octanol–water partition coefficient (Wildman–Crippen LogP) is 5.82. The fourth-order valence-corrected chi connectivity index (χ4v) is 2.65. The van der Waals surface area contributed by atoms with Gasteiger partial charge in [0.2, 0.25) is 0 Å². The van der Waals surface area contributed by atoms with Gasteiger partial charge in [0.05, 0.1) is 0 Å². The van der Waals surface area contributed by atoms with Crippen molar-refractivity contribution in [1.82, 2.24) is 0 Å². The normalized spacial score (nSPS) is 21.0. The third-order valence-electron chi connectivity index (χ3n) is 4.10. The van der Waals surface area contributed by atoms with E-state index in [-0.39, 0.29) is 10.8 Å². The van der Waals surface area contributed by atoms with Gasteiger partial charge in [-0.25, -0.2) is 0 Å². The summed E-state index contributed by atoms with van der Waals surface area (Å²) in [5.41, 5.74) is 5.53. The number of benzene rings is 1. The Hall–Kier alpha value is -1.82. The van der Waals surface area contributed by atoms with Gasteiger partial charge in [0.15, 0.2) is 0 Å². The Balaban J connectivity index is 2.21. The molecule has 3 rings (SSSR count). The maximum absolute atomic E-state index is 2.29. The summed E-state index contributed by atoms with van der Waals surface area (Å²) in [6, 6.07) is 4.46. The van der Waals surface area contributed by atoms with Crippen molar-refractivity contribution >= 4 is 24.3 Å². The van der Waals surface area contributed by atoms with Crippen LogP contribution in [0, 0.1) is 10.8 Å². The zero-order valence-corrected chi connectivity index (χ0v) is 12.8. The van der Waals surface area contributed by atoms with Crippen LogP contribution in [0.4, 0.5) is 0 Å². The Morgan fingerprint density at radius 3 is 1.30 bits per heavy atom. The predicted molar refractivity (Wildman–Crippen MR) is 90.1 cm³/mol. The average Bonchev–Trinajstić information content (AvgIpc) is 2.63. The highest BCUT2D eigenvalue weighted by atomic mass is 14.2. The van der Waals surface area contributed by atoms with Crippen molar-refractivity contribution in [1.29, 1.82) is 0 Å². The zero-order valence-electron chi connectivity index (χ0n) is 12.8. The molecule has 2 aliphatic rings. The summed E-state index contributed by atoms with van der Waals surface area (Å²) in [5.74, 6) is 0. The Morgan fingerprint density at radius 1 is 0.550 bits per heavy atom. The van der Waals surface area contributed by atoms with Gasteiger partial charge < -0.3 is 0 Å². The van der Waals surface area contributed by atoms with Crippen LogP contribution in [0.1, 0.15) is 49.9 Å². The van der Waals surface area contributed by atoms with Crippen LogP contribution in [0.25, 0.3) is 24.3 Å². The Kier molecular flexibility index (Phi) is 2.86. The SMILES string of the molecule is CC1(C)C=Cc2ccc3c(c2C=C1)C=CC(C)(C)C=C3. The third-order valence-corrected chi connectivity index (χ3v) is 4.10. The summed E-state index contributed by atoms with van der Waals surface area (Å²) < 4.78 is 0. The molecule has 0 N–H and O–H groups in total. The van der Waals surface area contributed by atoms with Crippen LogP contribution in [0.15, 0.2) is 36.4 Å². The first kappa shape index (κ1) is 13.2. The topological polar surface area (TPSA) is 0 Å². The van der Waals surface area contributed by atoms with E-state index in [0.717, 1.165) is 0 Å². The molecule has 0 aliphatic heterocycles. The molecule has 102 valence electrons. The van der Waals surface area contributed by atoms with Crippen LogP contribution in [0.3, 0.4) is 0 Å². The van der Waals surface area contributed by atoms with Gasteiger partial charge in [0.25, 0.3) is 0 Å². The van der Waals surface area contributed by atoms with E-state index in [9.17, 15) is 0 Å². The van der Waals surface area contributed by atoms with E-state index in [1.807, 2.05) is 0 Å². The van der Waals surface area contributed by atoms with Crippen molar-refractivity contribution < 1.29 is 0 Å². The molecule has 2 aliphatic carbocycles. The minimum absolute atomic E-state index is 0.120. The standard InChI is InChI=1S/C20H22/c1-19(2)11-7-15-5-6-16-8-12-20(3,4)14-10-18(16)17(15)9-13-19/h5-14H,1-4H3. The van der Waals surface area contributed by atoms with Gasteiger partial charge in [-0.05, 0) is 22.3 Å². The number of fused-ring (bicyclic) bond motifs is 3. The van der Waals surface area contributed by atoms with Gasteiger partial charge in [0, 0.05) is 10.8 Å². The molecule has 0 nitrogen and oxygen atoms in total. The first-order valence-corrected chi connectivity index (χ1v) is 7.30. The van der Waals surface area contributed by atoms with Gasteiger partial charge in [-0.15, -0.1) is 0 Å². The van der Waals surface area contributed by atoms with E-state index < -0.39 is 0 Å². The molecule has 0 atom stereocenters. The molecule has 20 heavy (non-hydrogen) atoms. The fraction of sp³-hybridized carbons (Fsp3) is 0.300. The summed E-state index contributed by atoms with van der Waals surface area (Å²) in [5, 5.41) is 0. The molecule has 0 spiro atoms. The van der Waals surface area contributed by atoms with Gasteiger partial charge in [0.1, 0.15) is 0 Å². The minimum Gasteiger partial charge on any atom is -0.0745 e. The van der Waals surface area contributed by atoms with Gasteiger partial charge >= 0.3 is 0 Å². The van der Waals surface area contributed by atoms with E-state index >= 15 is 0 Å². The van der Waals surface area contributed by atoms with E-state index in [0.29, 0.717) is 0 Å². The number of rotatable bonds is 0. The van der Waals surface area contributed by atoms with Gasteiger partial charge in [-0.1, -0.05) is 88.4 Å². The number of hydrogen-bond donors (Lipinski definition) is 0. The first-order chi connectivity index (χ1) is 9.36. The molecule has 0 aromatic heterocycles. The van der Waals surface area contributed by atoms with E-state index in [1.54, 1.807) is 0 Å². The maximum atomic E-state index is 2.29. The first-order valence-electron chi connectivity index (χ1n) is 7.30. The van der Waals surface area contributed by atoms with Crippen molar-refractivity contribution in [3.63, 3.8) is 0 Å². The van der Waals surface area contributed by atoms with E-state index in [4.69, 9.17) is 0 Å². The second-order valence-electron chi connectivity index (χ2n) is 7.05. The van der Waals surface area contributed by atoms with E-state index in [1.165, 1.54) is 22.3 Å². The third kappa shape index (κ3) is 2.43. The molecular formula is C20H22. The Bertz CT molecular complexity index is 603. The molecule has 1 aromatic rings. The van der Waals surface area contributed by atoms with Crippen molar-refractivity contribution in [3.05, 3.63) is 58.7 Å². The average molecular weight is 262 g/mol. The quantitative estimate of drug-likeness (QED) is 0.552. The second-order valence-corrected chi connectivity index (χ2v) is 7.05. The molecule has 0 bridgehead atoms. The summed E-state index contributed by atoms with van der Waals surface area (Å²) in [6.07, 6.45) is 18.2. The summed E-state index contributed by atoms with van der Waals surface area (Å²) in [6.45, 7) is 8.96. The molecule has 1 aromatic carbocycles.